The number of hydrogen-bond acceptors (Lipinski definition) is 2. The predicted octanol–water partition coefficient (Wildman–Crippen LogP) is 2.01. The van der Waals surface area contributed by atoms with Crippen LogP contribution in [0.15, 0.2) is 18.3 Å². The Labute approximate surface area is 96.5 Å². The lowest BCUT2D eigenvalue weighted by molar-refractivity contribution is -0.132. The molecule has 0 spiro atoms. The molecule has 0 saturated carbocycles. The third-order valence-corrected chi connectivity index (χ3v) is 2.91. The van der Waals surface area contributed by atoms with E-state index < -0.39 is 0 Å². The summed E-state index contributed by atoms with van der Waals surface area (Å²) < 4.78 is 0. The number of aromatic nitrogens is 1. The van der Waals surface area contributed by atoms with Gasteiger partial charge in [0.25, 0.3) is 0 Å². The van der Waals surface area contributed by atoms with Crippen molar-refractivity contribution in [3.8, 4) is 0 Å². The molecule has 3 nitrogen and oxygen atoms in total. The van der Waals surface area contributed by atoms with E-state index in [4.69, 9.17) is 0 Å². The Balaban J connectivity index is 2.05. The maximum atomic E-state index is 11.9. The van der Waals surface area contributed by atoms with E-state index in [1.54, 1.807) is 6.20 Å². The molecule has 0 N–H and O–H groups in total. The molecule has 1 aliphatic heterocycles. The van der Waals surface area contributed by atoms with E-state index in [1.807, 2.05) is 11.0 Å². The molecule has 1 aromatic heterocycles. The lowest BCUT2D eigenvalue weighted by Crippen LogP contribution is -2.36. The molecule has 16 heavy (non-hydrogen) atoms. The summed E-state index contributed by atoms with van der Waals surface area (Å²) in [6.45, 7) is 5.67. The van der Waals surface area contributed by atoms with E-state index in [2.05, 4.69) is 24.9 Å². The van der Waals surface area contributed by atoms with Crippen LogP contribution in [0, 0.1) is 5.92 Å². The molecular weight excluding hydrogens is 200 g/mol. The standard InChI is InChI=1S/C13H18N2O/c1-10(2)8-13(16)15-7-5-11-4-3-6-14-12(11)9-15/h3-4,6,10H,5,7-9H2,1-2H3. The average Bonchev–Trinajstić information content (AvgIpc) is 2.27. The van der Waals surface area contributed by atoms with Crippen LogP contribution in [0.4, 0.5) is 0 Å². The second-order valence-corrected chi connectivity index (χ2v) is 4.77. The van der Waals surface area contributed by atoms with Gasteiger partial charge in [0.2, 0.25) is 5.91 Å². The van der Waals surface area contributed by atoms with Crippen molar-refractivity contribution in [3.05, 3.63) is 29.6 Å². The van der Waals surface area contributed by atoms with Gasteiger partial charge in [-0.15, -0.1) is 0 Å². The van der Waals surface area contributed by atoms with Gasteiger partial charge in [0.1, 0.15) is 0 Å². The number of pyridine rings is 1. The van der Waals surface area contributed by atoms with E-state index in [1.165, 1.54) is 5.56 Å². The van der Waals surface area contributed by atoms with Crippen molar-refractivity contribution in [1.82, 2.24) is 9.88 Å². The summed E-state index contributed by atoms with van der Waals surface area (Å²) in [5.41, 5.74) is 2.35. The molecule has 0 aromatic carbocycles. The molecule has 0 aliphatic carbocycles. The quantitative estimate of drug-likeness (QED) is 0.760. The van der Waals surface area contributed by atoms with Crippen LogP contribution in [-0.4, -0.2) is 22.3 Å². The Hall–Kier alpha value is -1.38. The van der Waals surface area contributed by atoms with Gasteiger partial charge in [-0.05, 0) is 24.0 Å². The average molecular weight is 218 g/mol. The topological polar surface area (TPSA) is 33.2 Å². The second-order valence-electron chi connectivity index (χ2n) is 4.77. The van der Waals surface area contributed by atoms with Crippen LogP contribution >= 0.6 is 0 Å². The van der Waals surface area contributed by atoms with E-state index >= 15 is 0 Å². The highest BCUT2D eigenvalue weighted by atomic mass is 16.2. The van der Waals surface area contributed by atoms with Gasteiger partial charge in [0.15, 0.2) is 0 Å². The van der Waals surface area contributed by atoms with Crippen molar-refractivity contribution in [2.45, 2.75) is 33.2 Å². The Bertz CT molecular complexity index is 387. The minimum absolute atomic E-state index is 0.256. The predicted molar refractivity (Wildman–Crippen MR) is 62.8 cm³/mol. The second kappa shape index (κ2) is 4.64. The zero-order chi connectivity index (χ0) is 11.5. The van der Waals surface area contributed by atoms with Crippen LogP contribution in [0.25, 0.3) is 0 Å². The van der Waals surface area contributed by atoms with Crippen molar-refractivity contribution in [2.75, 3.05) is 6.54 Å². The Kier molecular flexibility index (Phi) is 3.22. The SMILES string of the molecule is CC(C)CC(=O)N1CCc2cccnc2C1. The number of amides is 1. The number of nitrogens with zero attached hydrogens (tertiary/aromatic N) is 2. The molecule has 0 unspecified atom stereocenters. The van der Waals surface area contributed by atoms with Gasteiger partial charge in [0, 0.05) is 19.2 Å². The van der Waals surface area contributed by atoms with Crippen molar-refractivity contribution in [3.63, 3.8) is 0 Å². The highest BCUT2D eigenvalue weighted by Gasteiger charge is 2.21. The van der Waals surface area contributed by atoms with E-state index in [0.717, 1.165) is 18.7 Å². The summed E-state index contributed by atoms with van der Waals surface area (Å²) in [5, 5.41) is 0. The van der Waals surface area contributed by atoms with E-state index in [-0.39, 0.29) is 5.91 Å². The first-order chi connectivity index (χ1) is 7.66. The number of carbonyl (C=O) groups excluding carboxylic acids is 1. The summed E-state index contributed by atoms with van der Waals surface area (Å²) in [7, 11) is 0. The molecule has 2 heterocycles. The monoisotopic (exact) mass is 218 g/mol. The van der Waals surface area contributed by atoms with Crippen molar-refractivity contribution < 1.29 is 4.79 Å². The van der Waals surface area contributed by atoms with Gasteiger partial charge in [-0.1, -0.05) is 19.9 Å². The zero-order valence-corrected chi connectivity index (χ0v) is 9.94. The number of carbonyl (C=O) groups is 1. The van der Waals surface area contributed by atoms with Gasteiger partial charge >= 0.3 is 0 Å². The minimum Gasteiger partial charge on any atom is -0.336 e. The van der Waals surface area contributed by atoms with E-state index in [0.29, 0.717) is 18.9 Å². The molecule has 3 heteroatoms. The van der Waals surface area contributed by atoms with Crippen molar-refractivity contribution in [2.24, 2.45) is 5.92 Å². The fraction of sp³-hybridized carbons (Fsp3) is 0.538. The molecule has 0 fully saturated rings. The molecule has 1 amide bonds. The first-order valence-electron chi connectivity index (χ1n) is 5.87. The third-order valence-electron chi connectivity index (χ3n) is 2.91. The van der Waals surface area contributed by atoms with Crippen LogP contribution in [0.1, 0.15) is 31.5 Å². The van der Waals surface area contributed by atoms with Gasteiger partial charge in [-0.2, -0.15) is 0 Å². The fourth-order valence-electron chi connectivity index (χ4n) is 2.05. The molecule has 0 atom stereocenters. The molecule has 1 aliphatic rings. The first-order valence-corrected chi connectivity index (χ1v) is 5.87. The highest BCUT2D eigenvalue weighted by Crippen LogP contribution is 2.17. The summed E-state index contributed by atoms with van der Waals surface area (Å²) in [5.74, 6) is 0.684. The molecular formula is C13H18N2O. The summed E-state index contributed by atoms with van der Waals surface area (Å²) in [4.78, 5) is 18.2. The van der Waals surface area contributed by atoms with Gasteiger partial charge < -0.3 is 4.90 Å². The summed E-state index contributed by atoms with van der Waals surface area (Å²) in [6.07, 6.45) is 3.38. The van der Waals surface area contributed by atoms with Gasteiger partial charge in [0.05, 0.1) is 12.2 Å². The molecule has 86 valence electrons. The van der Waals surface area contributed by atoms with Crippen LogP contribution in [0.3, 0.4) is 0 Å². The Morgan fingerprint density at radius 1 is 1.56 bits per heavy atom. The van der Waals surface area contributed by atoms with Crippen molar-refractivity contribution in [1.29, 1.82) is 0 Å². The Morgan fingerprint density at radius 2 is 2.38 bits per heavy atom. The first kappa shape index (κ1) is 11.1. The summed E-state index contributed by atoms with van der Waals surface area (Å²) in [6, 6.07) is 4.07. The molecule has 0 bridgehead atoms. The third kappa shape index (κ3) is 2.40. The summed E-state index contributed by atoms with van der Waals surface area (Å²) >= 11 is 0. The molecule has 1 aromatic rings. The molecule has 2 rings (SSSR count). The number of hydrogen-bond donors (Lipinski definition) is 0. The maximum Gasteiger partial charge on any atom is 0.223 e. The lowest BCUT2D eigenvalue weighted by Gasteiger charge is -2.28. The Morgan fingerprint density at radius 3 is 3.12 bits per heavy atom. The zero-order valence-electron chi connectivity index (χ0n) is 9.94. The minimum atomic E-state index is 0.256. The van der Waals surface area contributed by atoms with Crippen LogP contribution in [0.5, 0.6) is 0 Å². The van der Waals surface area contributed by atoms with Crippen molar-refractivity contribution >= 4 is 5.91 Å². The highest BCUT2D eigenvalue weighted by molar-refractivity contribution is 5.76. The largest absolute Gasteiger partial charge is 0.336 e. The van der Waals surface area contributed by atoms with Crippen LogP contribution in [0.2, 0.25) is 0 Å². The molecule has 0 radical (unpaired) electrons. The normalized spacial score (nSPS) is 15.1. The number of rotatable bonds is 2. The van der Waals surface area contributed by atoms with Gasteiger partial charge in [-0.25, -0.2) is 0 Å². The van der Waals surface area contributed by atoms with Crippen LogP contribution in [-0.2, 0) is 17.8 Å². The lowest BCUT2D eigenvalue weighted by atomic mass is 10.0. The smallest absolute Gasteiger partial charge is 0.223 e. The van der Waals surface area contributed by atoms with Crippen LogP contribution < -0.4 is 0 Å². The fourth-order valence-corrected chi connectivity index (χ4v) is 2.05. The molecule has 0 saturated heterocycles. The maximum absolute atomic E-state index is 11.9. The number of fused-ring (bicyclic) bond motifs is 1. The van der Waals surface area contributed by atoms with E-state index in [9.17, 15) is 4.79 Å². The van der Waals surface area contributed by atoms with Gasteiger partial charge in [-0.3, -0.25) is 9.78 Å².